The van der Waals surface area contributed by atoms with Crippen LogP contribution in [0.15, 0.2) is 58.5 Å². The van der Waals surface area contributed by atoms with Crippen molar-refractivity contribution >= 4 is 28.6 Å². The molecule has 152 valence electrons. The summed E-state index contributed by atoms with van der Waals surface area (Å²) in [6.07, 6.45) is 1.97. The molecule has 3 aromatic rings. The minimum absolute atomic E-state index is 0.0656. The van der Waals surface area contributed by atoms with Gasteiger partial charge in [-0.2, -0.15) is 0 Å². The minimum atomic E-state index is -0.159. The van der Waals surface area contributed by atoms with Crippen molar-refractivity contribution in [2.24, 2.45) is 0 Å². The molecule has 0 bridgehead atoms. The van der Waals surface area contributed by atoms with Crippen LogP contribution >= 0.6 is 11.8 Å². The van der Waals surface area contributed by atoms with E-state index in [1.807, 2.05) is 49.4 Å². The number of aromatic nitrogens is 2. The number of rotatable bonds is 9. The summed E-state index contributed by atoms with van der Waals surface area (Å²) in [6, 6.07) is 14.6. The fourth-order valence-corrected chi connectivity index (χ4v) is 3.72. The maximum Gasteiger partial charge on any atom is 0.266 e. The monoisotopic (exact) mass is 411 g/mol. The fraction of sp³-hybridized carbons (Fsp3) is 0.318. The molecule has 0 fully saturated rings. The van der Waals surface area contributed by atoms with Crippen LogP contribution in [-0.2, 0) is 4.79 Å². The third kappa shape index (κ3) is 5.17. The number of carbonyl (C=O) groups is 1. The lowest BCUT2D eigenvalue weighted by atomic mass is 10.2. The van der Waals surface area contributed by atoms with E-state index in [0.717, 1.165) is 18.6 Å². The predicted molar refractivity (Wildman–Crippen MR) is 117 cm³/mol. The quantitative estimate of drug-likeness (QED) is 0.329. The van der Waals surface area contributed by atoms with E-state index in [9.17, 15) is 9.59 Å². The molecule has 0 aliphatic rings. The molecule has 0 saturated carbocycles. The van der Waals surface area contributed by atoms with Crippen LogP contribution in [0, 0.1) is 0 Å². The van der Waals surface area contributed by atoms with E-state index in [1.165, 1.54) is 11.8 Å². The second kappa shape index (κ2) is 10.1. The van der Waals surface area contributed by atoms with Gasteiger partial charge in [-0.15, -0.1) is 0 Å². The van der Waals surface area contributed by atoms with Gasteiger partial charge < -0.3 is 10.1 Å². The van der Waals surface area contributed by atoms with Gasteiger partial charge in [0.15, 0.2) is 5.16 Å². The maximum atomic E-state index is 13.2. The Bertz CT molecular complexity index is 1030. The normalized spacial score (nSPS) is 10.8. The van der Waals surface area contributed by atoms with Crippen LogP contribution in [-0.4, -0.2) is 34.4 Å². The van der Waals surface area contributed by atoms with E-state index in [2.05, 4.69) is 17.2 Å². The molecule has 0 spiro atoms. The number of fused-ring (bicyclic) bond motifs is 1. The number of benzene rings is 2. The van der Waals surface area contributed by atoms with Crippen LogP contribution in [0.2, 0.25) is 0 Å². The van der Waals surface area contributed by atoms with E-state index in [4.69, 9.17) is 4.74 Å². The third-order valence-electron chi connectivity index (χ3n) is 4.34. The van der Waals surface area contributed by atoms with Gasteiger partial charge in [0.05, 0.1) is 29.0 Å². The van der Waals surface area contributed by atoms with E-state index in [0.29, 0.717) is 34.9 Å². The van der Waals surface area contributed by atoms with E-state index in [-0.39, 0.29) is 17.2 Å². The van der Waals surface area contributed by atoms with Gasteiger partial charge in [0, 0.05) is 6.54 Å². The van der Waals surface area contributed by atoms with E-state index < -0.39 is 0 Å². The standard InChI is InChI=1S/C22H25N3O3S/c1-3-5-14-23-20(26)15-29-22-24-19-9-7-6-8-18(19)21(27)25(22)16-10-12-17(13-11-16)28-4-2/h6-13H,3-5,14-15H2,1-2H3,(H,23,26). The number of amides is 1. The number of hydrogen-bond donors (Lipinski definition) is 1. The Balaban J connectivity index is 1.95. The highest BCUT2D eigenvalue weighted by Crippen LogP contribution is 2.22. The van der Waals surface area contributed by atoms with Crippen molar-refractivity contribution in [3.63, 3.8) is 0 Å². The first kappa shape index (κ1) is 20.9. The number of carbonyl (C=O) groups excluding carboxylic acids is 1. The molecule has 0 aliphatic carbocycles. The van der Waals surface area contributed by atoms with Crippen molar-refractivity contribution < 1.29 is 9.53 Å². The first-order chi connectivity index (χ1) is 14.1. The summed E-state index contributed by atoms with van der Waals surface area (Å²) in [4.78, 5) is 30.0. The molecule has 1 aromatic heterocycles. The number of unbranched alkanes of at least 4 members (excludes halogenated alkanes) is 1. The van der Waals surface area contributed by atoms with Crippen LogP contribution in [0.3, 0.4) is 0 Å². The van der Waals surface area contributed by atoms with Crippen molar-refractivity contribution in [3.8, 4) is 11.4 Å². The van der Waals surface area contributed by atoms with Crippen molar-refractivity contribution in [2.45, 2.75) is 31.8 Å². The number of nitrogens with one attached hydrogen (secondary N) is 1. The SMILES string of the molecule is CCCCNC(=O)CSc1nc2ccccc2c(=O)n1-c1ccc(OCC)cc1. The largest absolute Gasteiger partial charge is 0.494 e. The van der Waals surface area contributed by atoms with Crippen LogP contribution in [0.1, 0.15) is 26.7 Å². The summed E-state index contributed by atoms with van der Waals surface area (Å²) in [6.45, 7) is 5.24. The summed E-state index contributed by atoms with van der Waals surface area (Å²) >= 11 is 1.26. The molecular weight excluding hydrogens is 386 g/mol. The molecular formula is C22H25N3O3S. The van der Waals surface area contributed by atoms with E-state index >= 15 is 0 Å². The van der Waals surface area contributed by atoms with Crippen LogP contribution < -0.4 is 15.6 Å². The third-order valence-corrected chi connectivity index (χ3v) is 5.27. The number of ether oxygens (including phenoxy) is 1. The van der Waals surface area contributed by atoms with Crippen molar-refractivity contribution in [1.29, 1.82) is 0 Å². The molecule has 0 unspecified atom stereocenters. The zero-order valence-corrected chi connectivity index (χ0v) is 17.5. The molecule has 0 saturated heterocycles. The molecule has 1 amide bonds. The van der Waals surface area contributed by atoms with Crippen molar-refractivity contribution in [2.75, 3.05) is 18.9 Å². The zero-order valence-electron chi connectivity index (χ0n) is 16.7. The molecule has 6 nitrogen and oxygen atoms in total. The van der Waals surface area contributed by atoms with Gasteiger partial charge in [0.25, 0.3) is 5.56 Å². The summed E-state index contributed by atoms with van der Waals surface area (Å²) in [5, 5.41) is 3.92. The Morgan fingerprint density at radius 2 is 1.90 bits per heavy atom. The number of hydrogen-bond acceptors (Lipinski definition) is 5. The van der Waals surface area contributed by atoms with Gasteiger partial charge in [-0.05, 0) is 49.7 Å². The second-order valence-electron chi connectivity index (χ2n) is 6.47. The maximum absolute atomic E-state index is 13.2. The Kier molecular flexibility index (Phi) is 7.30. The highest BCUT2D eigenvalue weighted by atomic mass is 32.2. The zero-order chi connectivity index (χ0) is 20.6. The first-order valence-corrected chi connectivity index (χ1v) is 10.8. The Morgan fingerprint density at radius 3 is 2.62 bits per heavy atom. The van der Waals surface area contributed by atoms with Gasteiger partial charge in [-0.25, -0.2) is 4.98 Å². The number of para-hydroxylation sites is 1. The average Bonchev–Trinajstić information content (AvgIpc) is 2.74. The Morgan fingerprint density at radius 1 is 1.14 bits per heavy atom. The molecule has 3 rings (SSSR count). The Hall–Kier alpha value is -2.80. The Labute approximate surface area is 174 Å². The van der Waals surface area contributed by atoms with Gasteiger partial charge in [-0.3, -0.25) is 14.2 Å². The van der Waals surface area contributed by atoms with Crippen LogP contribution in [0.4, 0.5) is 0 Å². The minimum Gasteiger partial charge on any atom is -0.494 e. The highest BCUT2D eigenvalue weighted by molar-refractivity contribution is 7.99. The molecule has 29 heavy (non-hydrogen) atoms. The van der Waals surface area contributed by atoms with Gasteiger partial charge in [0.1, 0.15) is 5.75 Å². The molecule has 2 aromatic carbocycles. The van der Waals surface area contributed by atoms with Crippen LogP contribution in [0.5, 0.6) is 5.75 Å². The van der Waals surface area contributed by atoms with Gasteiger partial charge in [-0.1, -0.05) is 37.2 Å². The molecule has 0 atom stereocenters. The van der Waals surface area contributed by atoms with Crippen LogP contribution in [0.25, 0.3) is 16.6 Å². The van der Waals surface area contributed by atoms with Gasteiger partial charge >= 0.3 is 0 Å². The molecule has 7 heteroatoms. The fourth-order valence-electron chi connectivity index (χ4n) is 2.88. The van der Waals surface area contributed by atoms with Crippen molar-refractivity contribution in [3.05, 3.63) is 58.9 Å². The number of nitrogens with zero attached hydrogens (tertiary/aromatic N) is 2. The predicted octanol–water partition coefficient (Wildman–Crippen LogP) is 3.79. The molecule has 1 heterocycles. The smallest absolute Gasteiger partial charge is 0.266 e. The lowest BCUT2D eigenvalue weighted by Gasteiger charge is -2.14. The van der Waals surface area contributed by atoms with Gasteiger partial charge in [0.2, 0.25) is 5.91 Å². The van der Waals surface area contributed by atoms with E-state index in [1.54, 1.807) is 10.6 Å². The average molecular weight is 412 g/mol. The molecule has 0 aliphatic heterocycles. The summed E-state index contributed by atoms with van der Waals surface area (Å²) < 4.78 is 7.05. The first-order valence-electron chi connectivity index (χ1n) is 9.78. The van der Waals surface area contributed by atoms with Crippen molar-refractivity contribution in [1.82, 2.24) is 14.9 Å². The topological polar surface area (TPSA) is 73.2 Å². The second-order valence-corrected chi connectivity index (χ2v) is 7.41. The highest BCUT2D eigenvalue weighted by Gasteiger charge is 2.14. The summed E-state index contributed by atoms with van der Waals surface area (Å²) in [7, 11) is 0. The lowest BCUT2D eigenvalue weighted by molar-refractivity contribution is -0.118. The summed E-state index contributed by atoms with van der Waals surface area (Å²) in [5.74, 6) is 0.873. The molecule has 1 N–H and O–H groups in total. The number of thioether (sulfide) groups is 1. The summed E-state index contributed by atoms with van der Waals surface area (Å²) in [5.41, 5.74) is 1.15. The lowest BCUT2D eigenvalue weighted by Crippen LogP contribution is -2.27. The molecule has 0 radical (unpaired) electrons.